The first-order valence-electron chi connectivity index (χ1n) is 7.98. The zero-order chi connectivity index (χ0) is 18.7. The minimum atomic E-state index is -0.575. The zero-order valence-electron chi connectivity index (χ0n) is 14.1. The summed E-state index contributed by atoms with van der Waals surface area (Å²) in [6.45, 7) is 3.17. The monoisotopic (exact) mass is 359 g/mol. The van der Waals surface area contributed by atoms with Gasteiger partial charge in [0.15, 0.2) is 5.76 Å². The second-order valence-corrected chi connectivity index (χ2v) is 5.76. The Hall–Kier alpha value is -3.20. The highest BCUT2D eigenvalue weighted by atomic mass is 16.6. The molecule has 1 saturated heterocycles. The Morgan fingerprint density at radius 1 is 1.27 bits per heavy atom. The zero-order valence-corrected chi connectivity index (χ0v) is 14.1. The molecular formula is C17H17N3O6. The summed E-state index contributed by atoms with van der Waals surface area (Å²) in [5.41, 5.74) is 0.350. The molecule has 2 amide bonds. The number of hydrogen-bond acceptors (Lipinski definition) is 6. The van der Waals surface area contributed by atoms with Crippen LogP contribution in [0.15, 0.2) is 34.9 Å². The standard InChI is InChI=1S/C17H17N3O6/c1-11-13(18-16(21)15-3-2-6-26-15)9-12(10-14(11)20(23)24)17(22)19-4-7-25-8-5-19/h2-3,6,9-10H,4-5,7-8H2,1H3,(H,18,21). The third-order valence-corrected chi connectivity index (χ3v) is 4.12. The summed E-state index contributed by atoms with van der Waals surface area (Å²) in [6.07, 6.45) is 1.35. The normalized spacial score (nSPS) is 14.1. The molecule has 1 aliphatic rings. The number of amides is 2. The van der Waals surface area contributed by atoms with Gasteiger partial charge in [0.1, 0.15) is 0 Å². The van der Waals surface area contributed by atoms with Crippen LogP contribution in [0.3, 0.4) is 0 Å². The molecule has 1 aliphatic heterocycles. The first-order chi connectivity index (χ1) is 12.5. The van der Waals surface area contributed by atoms with Crippen LogP contribution in [0.4, 0.5) is 11.4 Å². The van der Waals surface area contributed by atoms with Gasteiger partial charge in [-0.05, 0) is 25.1 Å². The molecule has 9 heteroatoms. The number of hydrogen-bond donors (Lipinski definition) is 1. The topological polar surface area (TPSA) is 115 Å². The molecule has 0 saturated carbocycles. The Morgan fingerprint density at radius 2 is 2.00 bits per heavy atom. The van der Waals surface area contributed by atoms with Gasteiger partial charge in [-0.1, -0.05) is 0 Å². The SMILES string of the molecule is Cc1c(NC(=O)c2ccco2)cc(C(=O)N2CCOCC2)cc1[N+](=O)[O-]. The number of carbonyl (C=O) groups excluding carboxylic acids is 2. The van der Waals surface area contributed by atoms with Gasteiger partial charge in [0.05, 0.1) is 35.7 Å². The average molecular weight is 359 g/mol. The Labute approximate surface area is 148 Å². The molecule has 3 rings (SSSR count). The third-order valence-electron chi connectivity index (χ3n) is 4.12. The van der Waals surface area contributed by atoms with Crippen molar-refractivity contribution in [3.8, 4) is 0 Å². The minimum Gasteiger partial charge on any atom is -0.459 e. The van der Waals surface area contributed by atoms with E-state index in [2.05, 4.69) is 5.32 Å². The largest absolute Gasteiger partial charge is 0.459 e. The number of nitrogens with zero attached hydrogens (tertiary/aromatic N) is 2. The molecule has 0 radical (unpaired) electrons. The van der Waals surface area contributed by atoms with E-state index in [4.69, 9.17) is 9.15 Å². The third kappa shape index (κ3) is 3.57. The predicted molar refractivity (Wildman–Crippen MR) is 91.2 cm³/mol. The molecule has 0 atom stereocenters. The highest BCUT2D eigenvalue weighted by molar-refractivity contribution is 6.04. The van der Waals surface area contributed by atoms with Gasteiger partial charge in [-0.2, -0.15) is 0 Å². The molecule has 0 aliphatic carbocycles. The molecule has 26 heavy (non-hydrogen) atoms. The summed E-state index contributed by atoms with van der Waals surface area (Å²) >= 11 is 0. The van der Waals surface area contributed by atoms with E-state index in [1.807, 2.05) is 0 Å². The molecule has 1 aromatic carbocycles. The Bertz CT molecular complexity index is 840. The lowest BCUT2D eigenvalue weighted by molar-refractivity contribution is -0.385. The van der Waals surface area contributed by atoms with Crippen molar-refractivity contribution in [1.82, 2.24) is 4.90 Å². The van der Waals surface area contributed by atoms with Crippen molar-refractivity contribution in [3.05, 3.63) is 57.5 Å². The van der Waals surface area contributed by atoms with Crippen LogP contribution in [0.25, 0.3) is 0 Å². The number of nitro groups is 1. The van der Waals surface area contributed by atoms with Crippen molar-refractivity contribution >= 4 is 23.2 Å². The van der Waals surface area contributed by atoms with Crippen LogP contribution >= 0.6 is 0 Å². The Balaban J connectivity index is 1.95. The van der Waals surface area contributed by atoms with Crippen LogP contribution in [-0.2, 0) is 4.74 Å². The van der Waals surface area contributed by atoms with Crippen LogP contribution < -0.4 is 5.32 Å². The van der Waals surface area contributed by atoms with E-state index in [9.17, 15) is 19.7 Å². The maximum atomic E-state index is 12.7. The highest BCUT2D eigenvalue weighted by Crippen LogP contribution is 2.29. The molecule has 2 aromatic rings. The second kappa shape index (κ2) is 7.36. The van der Waals surface area contributed by atoms with Crippen molar-refractivity contribution in [2.24, 2.45) is 0 Å². The molecule has 1 aromatic heterocycles. The summed E-state index contributed by atoms with van der Waals surface area (Å²) in [5.74, 6) is -0.828. The molecule has 0 bridgehead atoms. The van der Waals surface area contributed by atoms with Crippen molar-refractivity contribution in [2.45, 2.75) is 6.92 Å². The van der Waals surface area contributed by atoms with E-state index in [1.54, 1.807) is 11.0 Å². The number of anilines is 1. The maximum absolute atomic E-state index is 12.7. The lowest BCUT2D eigenvalue weighted by Crippen LogP contribution is -2.40. The van der Waals surface area contributed by atoms with Crippen molar-refractivity contribution in [2.75, 3.05) is 31.6 Å². The number of carbonyl (C=O) groups is 2. The average Bonchev–Trinajstić information content (AvgIpc) is 3.18. The summed E-state index contributed by atoms with van der Waals surface area (Å²) in [4.78, 5) is 37.2. The fourth-order valence-corrected chi connectivity index (χ4v) is 2.68. The van der Waals surface area contributed by atoms with Crippen molar-refractivity contribution in [1.29, 1.82) is 0 Å². The van der Waals surface area contributed by atoms with Gasteiger partial charge in [0, 0.05) is 24.7 Å². The number of nitrogens with one attached hydrogen (secondary N) is 1. The van der Waals surface area contributed by atoms with Crippen molar-refractivity contribution < 1.29 is 23.7 Å². The molecule has 1 fully saturated rings. The molecular weight excluding hydrogens is 342 g/mol. The van der Waals surface area contributed by atoms with Crippen LogP contribution in [0.2, 0.25) is 0 Å². The second-order valence-electron chi connectivity index (χ2n) is 5.76. The van der Waals surface area contributed by atoms with Gasteiger partial charge >= 0.3 is 0 Å². The summed E-state index contributed by atoms with van der Waals surface area (Å²) in [6, 6.07) is 5.71. The van der Waals surface area contributed by atoms with Gasteiger partial charge in [0.2, 0.25) is 0 Å². The fraction of sp³-hybridized carbons (Fsp3) is 0.294. The first-order valence-corrected chi connectivity index (χ1v) is 7.98. The van der Waals surface area contributed by atoms with Crippen LogP contribution in [0.1, 0.15) is 26.5 Å². The molecule has 136 valence electrons. The van der Waals surface area contributed by atoms with Gasteiger partial charge in [-0.3, -0.25) is 19.7 Å². The molecule has 2 heterocycles. The molecule has 9 nitrogen and oxygen atoms in total. The Morgan fingerprint density at radius 3 is 2.62 bits per heavy atom. The van der Waals surface area contributed by atoms with Crippen molar-refractivity contribution in [3.63, 3.8) is 0 Å². The summed E-state index contributed by atoms with van der Waals surface area (Å²) in [5, 5.41) is 13.9. The molecule has 1 N–H and O–H groups in total. The number of furan rings is 1. The summed E-state index contributed by atoms with van der Waals surface area (Å²) in [7, 11) is 0. The van der Waals surface area contributed by atoms with Crippen LogP contribution in [0, 0.1) is 17.0 Å². The quantitative estimate of drug-likeness (QED) is 0.661. The van der Waals surface area contributed by atoms with Crippen LogP contribution in [0.5, 0.6) is 0 Å². The van der Waals surface area contributed by atoms with Gasteiger partial charge in [-0.15, -0.1) is 0 Å². The molecule has 0 unspecified atom stereocenters. The Kier molecular flexibility index (Phi) is 4.99. The fourth-order valence-electron chi connectivity index (χ4n) is 2.68. The maximum Gasteiger partial charge on any atom is 0.291 e. The van der Waals surface area contributed by atoms with E-state index in [0.717, 1.165) is 0 Å². The number of rotatable bonds is 4. The van der Waals surface area contributed by atoms with Gasteiger partial charge in [0.25, 0.3) is 17.5 Å². The molecule has 0 spiro atoms. The number of ether oxygens (including phenoxy) is 1. The minimum absolute atomic E-state index is 0.0666. The van der Waals surface area contributed by atoms with E-state index in [0.29, 0.717) is 26.3 Å². The number of morpholine rings is 1. The van der Waals surface area contributed by atoms with Gasteiger partial charge in [-0.25, -0.2) is 0 Å². The first kappa shape index (κ1) is 17.6. The van der Waals surface area contributed by atoms with E-state index in [-0.39, 0.29) is 34.2 Å². The predicted octanol–water partition coefficient (Wildman–Crippen LogP) is 2.22. The highest BCUT2D eigenvalue weighted by Gasteiger charge is 2.25. The lowest BCUT2D eigenvalue weighted by atomic mass is 10.1. The lowest BCUT2D eigenvalue weighted by Gasteiger charge is -2.27. The number of benzene rings is 1. The van der Waals surface area contributed by atoms with E-state index < -0.39 is 10.8 Å². The summed E-state index contributed by atoms with van der Waals surface area (Å²) < 4.78 is 10.2. The van der Waals surface area contributed by atoms with Crippen LogP contribution in [-0.4, -0.2) is 47.9 Å². The van der Waals surface area contributed by atoms with Gasteiger partial charge < -0.3 is 19.4 Å². The van der Waals surface area contributed by atoms with E-state index in [1.165, 1.54) is 31.4 Å². The van der Waals surface area contributed by atoms with E-state index >= 15 is 0 Å². The number of nitro benzene ring substituents is 1. The smallest absolute Gasteiger partial charge is 0.291 e.